The number of ether oxygens (including phenoxy) is 2. The first-order valence-corrected chi connectivity index (χ1v) is 9.76. The van der Waals surface area contributed by atoms with Crippen LogP contribution in [-0.4, -0.2) is 75.8 Å². The standard InChI is InChI=1S/C20H32N4O3/c1-23(2)9-10-24(14-17-8-5-11-27-17)20(25)18-13-21-22-19(18)15-6-4-7-16(12-15)26-3/h4,6-7,12,17-19,21-22H,5,8-11,13-14H2,1-3H3. The van der Waals surface area contributed by atoms with E-state index in [1.807, 2.05) is 43.3 Å². The zero-order valence-electron chi connectivity index (χ0n) is 16.6. The van der Waals surface area contributed by atoms with Crippen molar-refractivity contribution >= 4 is 5.91 Å². The monoisotopic (exact) mass is 376 g/mol. The lowest BCUT2D eigenvalue weighted by Gasteiger charge is -2.30. The number of carbonyl (C=O) groups is 1. The number of carbonyl (C=O) groups excluding carboxylic acids is 1. The maximum atomic E-state index is 13.4. The largest absolute Gasteiger partial charge is 0.497 e. The third kappa shape index (κ3) is 5.19. The second kappa shape index (κ2) is 9.50. The van der Waals surface area contributed by atoms with Crippen LogP contribution in [0.3, 0.4) is 0 Å². The van der Waals surface area contributed by atoms with E-state index >= 15 is 0 Å². The minimum atomic E-state index is -0.152. The Balaban J connectivity index is 1.73. The smallest absolute Gasteiger partial charge is 0.229 e. The number of nitrogens with one attached hydrogen (secondary N) is 2. The highest BCUT2D eigenvalue weighted by atomic mass is 16.5. The molecule has 3 unspecified atom stereocenters. The van der Waals surface area contributed by atoms with Crippen LogP contribution in [0.5, 0.6) is 5.75 Å². The Morgan fingerprint density at radius 3 is 2.89 bits per heavy atom. The number of rotatable bonds is 8. The van der Waals surface area contributed by atoms with E-state index in [2.05, 4.69) is 15.8 Å². The van der Waals surface area contributed by atoms with Crippen LogP contribution in [0.2, 0.25) is 0 Å². The quantitative estimate of drug-likeness (QED) is 0.707. The summed E-state index contributed by atoms with van der Waals surface area (Å²) in [6.07, 6.45) is 2.28. The van der Waals surface area contributed by atoms with E-state index < -0.39 is 0 Å². The molecule has 2 heterocycles. The fourth-order valence-electron chi connectivity index (χ4n) is 3.76. The molecule has 27 heavy (non-hydrogen) atoms. The van der Waals surface area contributed by atoms with Gasteiger partial charge in [0.25, 0.3) is 0 Å². The highest BCUT2D eigenvalue weighted by molar-refractivity contribution is 5.80. The first-order valence-electron chi connectivity index (χ1n) is 9.76. The van der Waals surface area contributed by atoms with Gasteiger partial charge in [-0.1, -0.05) is 12.1 Å². The molecule has 0 saturated carbocycles. The van der Waals surface area contributed by atoms with E-state index in [0.717, 1.165) is 37.3 Å². The summed E-state index contributed by atoms with van der Waals surface area (Å²) < 4.78 is 11.1. The lowest BCUT2D eigenvalue weighted by Crippen LogP contribution is -2.45. The molecule has 1 amide bonds. The molecular weight excluding hydrogens is 344 g/mol. The van der Waals surface area contributed by atoms with E-state index in [1.54, 1.807) is 7.11 Å². The Morgan fingerprint density at radius 2 is 2.19 bits per heavy atom. The molecule has 1 aromatic rings. The number of hydrogen-bond acceptors (Lipinski definition) is 6. The van der Waals surface area contributed by atoms with Gasteiger partial charge in [-0.15, -0.1) is 0 Å². The summed E-state index contributed by atoms with van der Waals surface area (Å²) >= 11 is 0. The van der Waals surface area contributed by atoms with Crippen LogP contribution in [0.4, 0.5) is 0 Å². The van der Waals surface area contributed by atoms with Gasteiger partial charge in [0, 0.05) is 32.8 Å². The maximum Gasteiger partial charge on any atom is 0.229 e. The van der Waals surface area contributed by atoms with Crippen molar-refractivity contribution in [3.63, 3.8) is 0 Å². The number of methoxy groups -OCH3 is 1. The molecular formula is C20H32N4O3. The number of likely N-dealkylation sites (N-methyl/N-ethyl adjacent to an activating group) is 1. The van der Waals surface area contributed by atoms with Crippen LogP contribution in [-0.2, 0) is 9.53 Å². The lowest BCUT2D eigenvalue weighted by atomic mass is 9.93. The highest BCUT2D eigenvalue weighted by Gasteiger charge is 2.37. The van der Waals surface area contributed by atoms with Crippen molar-refractivity contribution in [3.8, 4) is 5.75 Å². The molecule has 2 N–H and O–H groups in total. The summed E-state index contributed by atoms with van der Waals surface area (Å²) in [6, 6.07) is 7.85. The molecule has 0 aliphatic carbocycles. The van der Waals surface area contributed by atoms with Crippen molar-refractivity contribution < 1.29 is 14.3 Å². The number of nitrogens with zero attached hydrogens (tertiary/aromatic N) is 2. The van der Waals surface area contributed by atoms with E-state index in [1.165, 1.54) is 0 Å². The van der Waals surface area contributed by atoms with Gasteiger partial charge in [0.2, 0.25) is 5.91 Å². The molecule has 3 atom stereocenters. The van der Waals surface area contributed by atoms with Gasteiger partial charge >= 0.3 is 0 Å². The van der Waals surface area contributed by atoms with Crippen LogP contribution in [0.15, 0.2) is 24.3 Å². The summed E-state index contributed by atoms with van der Waals surface area (Å²) in [7, 11) is 5.73. The Kier molecular flexibility index (Phi) is 7.07. The molecule has 0 spiro atoms. The van der Waals surface area contributed by atoms with Gasteiger partial charge in [-0.3, -0.25) is 10.2 Å². The van der Waals surface area contributed by atoms with Crippen molar-refractivity contribution in [2.45, 2.75) is 25.0 Å². The Labute approximate surface area is 162 Å². The van der Waals surface area contributed by atoms with Crippen LogP contribution >= 0.6 is 0 Å². The van der Waals surface area contributed by atoms with E-state index in [9.17, 15) is 4.79 Å². The normalized spacial score (nSPS) is 25.1. The van der Waals surface area contributed by atoms with Gasteiger partial charge in [0.05, 0.1) is 25.2 Å². The van der Waals surface area contributed by atoms with Crippen molar-refractivity contribution in [2.75, 3.05) is 54.0 Å². The minimum Gasteiger partial charge on any atom is -0.497 e. The zero-order chi connectivity index (χ0) is 19.2. The summed E-state index contributed by atoms with van der Waals surface area (Å²) in [5, 5.41) is 0. The fraction of sp³-hybridized carbons (Fsp3) is 0.650. The highest BCUT2D eigenvalue weighted by Crippen LogP contribution is 2.29. The van der Waals surface area contributed by atoms with Gasteiger partial charge in [-0.2, -0.15) is 0 Å². The second-order valence-corrected chi connectivity index (χ2v) is 7.61. The van der Waals surface area contributed by atoms with Gasteiger partial charge in [0.1, 0.15) is 5.75 Å². The topological polar surface area (TPSA) is 66.1 Å². The first kappa shape index (κ1) is 20.1. The molecule has 2 aliphatic heterocycles. The van der Waals surface area contributed by atoms with E-state index in [0.29, 0.717) is 19.6 Å². The van der Waals surface area contributed by atoms with Crippen LogP contribution in [0, 0.1) is 5.92 Å². The summed E-state index contributed by atoms with van der Waals surface area (Å²) in [5.74, 6) is 0.828. The van der Waals surface area contributed by atoms with Crippen LogP contribution in [0.1, 0.15) is 24.4 Å². The minimum absolute atomic E-state index is 0.0704. The fourth-order valence-corrected chi connectivity index (χ4v) is 3.76. The summed E-state index contributed by atoms with van der Waals surface area (Å²) in [5.41, 5.74) is 7.50. The second-order valence-electron chi connectivity index (χ2n) is 7.61. The van der Waals surface area contributed by atoms with Gasteiger partial charge in [0.15, 0.2) is 0 Å². The molecule has 3 rings (SSSR count). The van der Waals surface area contributed by atoms with Crippen molar-refractivity contribution in [2.24, 2.45) is 5.92 Å². The SMILES string of the molecule is COc1cccc(C2NNCC2C(=O)N(CCN(C)C)CC2CCCO2)c1. The molecule has 0 radical (unpaired) electrons. The molecule has 7 nitrogen and oxygen atoms in total. The van der Waals surface area contributed by atoms with Crippen LogP contribution < -0.4 is 15.6 Å². The van der Waals surface area contributed by atoms with Gasteiger partial charge in [-0.25, -0.2) is 5.43 Å². The third-order valence-electron chi connectivity index (χ3n) is 5.33. The van der Waals surface area contributed by atoms with Crippen LogP contribution in [0.25, 0.3) is 0 Å². The average Bonchev–Trinajstić information content (AvgIpc) is 3.36. The molecule has 2 fully saturated rings. The van der Waals surface area contributed by atoms with Crippen molar-refractivity contribution in [3.05, 3.63) is 29.8 Å². The third-order valence-corrected chi connectivity index (χ3v) is 5.33. The number of hydrazine groups is 1. The zero-order valence-corrected chi connectivity index (χ0v) is 16.6. The Bertz CT molecular complexity index is 619. The molecule has 2 aliphatic rings. The van der Waals surface area contributed by atoms with E-state index in [4.69, 9.17) is 9.47 Å². The predicted octanol–water partition coefficient (Wildman–Crippen LogP) is 1.03. The van der Waals surface area contributed by atoms with Gasteiger partial charge < -0.3 is 19.3 Å². The number of hydrogen-bond donors (Lipinski definition) is 2. The molecule has 0 aromatic heterocycles. The molecule has 1 aromatic carbocycles. The van der Waals surface area contributed by atoms with Crippen molar-refractivity contribution in [1.82, 2.24) is 20.7 Å². The lowest BCUT2D eigenvalue weighted by molar-refractivity contribution is -0.137. The number of benzene rings is 1. The predicted molar refractivity (Wildman–Crippen MR) is 104 cm³/mol. The average molecular weight is 377 g/mol. The first-order chi connectivity index (χ1) is 13.1. The molecule has 0 bridgehead atoms. The Morgan fingerprint density at radius 1 is 1.33 bits per heavy atom. The molecule has 150 valence electrons. The summed E-state index contributed by atoms with van der Waals surface area (Å²) in [4.78, 5) is 17.5. The van der Waals surface area contributed by atoms with Crippen molar-refractivity contribution in [1.29, 1.82) is 0 Å². The molecule has 7 heteroatoms. The number of amides is 1. The van der Waals surface area contributed by atoms with E-state index in [-0.39, 0.29) is 24.0 Å². The van der Waals surface area contributed by atoms with Gasteiger partial charge in [-0.05, 0) is 44.6 Å². The maximum absolute atomic E-state index is 13.4. The molecule has 2 saturated heterocycles. The summed E-state index contributed by atoms with van der Waals surface area (Å²) in [6.45, 7) is 3.65. The Hall–Kier alpha value is -1.67.